The van der Waals surface area contributed by atoms with Crippen molar-refractivity contribution in [2.75, 3.05) is 10.6 Å². The molecule has 6 nitrogen and oxygen atoms in total. The second-order valence-corrected chi connectivity index (χ2v) is 6.69. The molecule has 2 atom stereocenters. The summed E-state index contributed by atoms with van der Waals surface area (Å²) in [5.41, 5.74) is 2.65. The molecule has 0 heterocycles. The molecule has 0 bridgehead atoms. The lowest BCUT2D eigenvalue weighted by atomic mass is 9.97. The normalized spacial score (nSPS) is 12.6. The number of ether oxygens (including phenoxy) is 1. The van der Waals surface area contributed by atoms with Crippen molar-refractivity contribution in [1.29, 1.82) is 0 Å². The summed E-state index contributed by atoms with van der Waals surface area (Å²) in [5, 5.41) is 5.47. The van der Waals surface area contributed by atoms with Crippen molar-refractivity contribution in [3.05, 3.63) is 59.7 Å². The quantitative estimate of drug-likeness (QED) is 0.698. The van der Waals surface area contributed by atoms with Gasteiger partial charge in [-0.1, -0.05) is 32.0 Å². The van der Waals surface area contributed by atoms with Gasteiger partial charge < -0.3 is 15.4 Å². The zero-order valence-corrected chi connectivity index (χ0v) is 16.6. The first kappa shape index (κ1) is 21.2. The molecule has 0 saturated carbocycles. The zero-order chi connectivity index (χ0) is 20.7. The van der Waals surface area contributed by atoms with Crippen LogP contribution in [0.1, 0.15) is 56.0 Å². The summed E-state index contributed by atoms with van der Waals surface area (Å²) in [5.74, 6) is -0.888. The molecule has 2 aromatic rings. The van der Waals surface area contributed by atoms with E-state index in [2.05, 4.69) is 24.5 Å². The number of esters is 1. The highest BCUT2D eigenvalue weighted by atomic mass is 16.5. The van der Waals surface area contributed by atoms with E-state index in [1.54, 1.807) is 12.1 Å². The van der Waals surface area contributed by atoms with Crippen molar-refractivity contribution in [2.24, 2.45) is 0 Å². The lowest BCUT2D eigenvalue weighted by Gasteiger charge is -2.18. The summed E-state index contributed by atoms with van der Waals surface area (Å²) < 4.78 is 5.28. The topological polar surface area (TPSA) is 84.5 Å². The maximum absolute atomic E-state index is 12.5. The SMILES string of the molecule is CC[C@H](C)c1ccccc1NC(=O)[C@@H](C)OC(=O)c1ccc(NC(C)=O)cc1. The van der Waals surface area contributed by atoms with E-state index in [1.165, 1.54) is 26.0 Å². The fourth-order valence-electron chi connectivity index (χ4n) is 2.67. The monoisotopic (exact) mass is 382 g/mol. The molecule has 28 heavy (non-hydrogen) atoms. The number of benzene rings is 2. The van der Waals surface area contributed by atoms with Gasteiger partial charge in [-0.3, -0.25) is 9.59 Å². The smallest absolute Gasteiger partial charge is 0.338 e. The number of carbonyl (C=O) groups excluding carboxylic acids is 3. The summed E-state index contributed by atoms with van der Waals surface area (Å²) in [6.45, 7) is 7.12. The lowest BCUT2D eigenvalue weighted by Crippen LogP contribution is -2.30. The van der Waals surface area contributed by atoms with Gasteiger partial charge >= 0.3 is 5.97 Å². The van der Waals surface area contributed by atoms with Gasteiger partial charge in [0.25, 0.3) is 5.91 Å². The summed E-state index contributed by atoms with van der Waals surface area (Å²) >= 11 is 0. The van der Waals surface area contributed by atoms with Crippen LogP contribution in [0.25, 0.3) is 0 Å². The molecule has 0 aliphatic carbocycles. The second kappa shape index (κ2) is 9.69. The van der Waals surface area contributed by atoms with Crippen LogP contribution in [0.15, 0.2) is 48.5 Å². The van der Waals surface area contributed by atoms with E-state index < -0.39 is 12.1 Å². The molecule has 2 rings (SSSR count). The first-order chi connectivity index (χ1) is 13.3. The summed E-state index contributed by atoms with van der Waals surface area (Å²) in [4.78, 5) is 35.8. The van der Waals surface area contributed by atoms with Crippen LogP contribution < -0.4 is 10.6 Å². The van der Waals surface area contributed by atoms with E-state index >= 15 is 0 Å². The van der Waals surface area contributed by atoms with Crippen LogP contribution in [0, 0.1) is 0 Å². The Bertz CT molecular complexity index is 846. The van der Waals surface area contributed by atoms with Gasteiger partial charge in [0.2, 0.25) is 5.91 Å². The van der Waals surface area contributed by atoms with Gasteiger partial charge in [-0.2, -0.15) is 0 Å². The molecule has 2 amide bonds. The first-order valence-corrected chi connectivity index (χ1v) is 9.30. The maximum Gasteiger partial charge on any atom is 0.338 e. The van der Waals surface area contributed by atoms with Gasteiger partial charge in [0, 0.05) is 18.3 Å². The van der Waals surface area contributed by atoms with Crippen LogP contribution in [0.5, 0.6) is 0 Å². The molecule has 0 radical (unpaired) electrons. The molecule has 0 aliphatic heterocycles. The molecule has 0 fully saturated rings. The molecule has 2 N–H and O–H groups in total. The third kappa shape index (κ3) is 5.67. The average Bonchev–Trinajstić information content (AvgIpc) is 2.67. The van der Waals surface area contributed by atoms with Crippen LogP contribution in [0.4, 0.5) is 11.4 Å². The van der Waals surface area contributed by atoms with Crippen LogP contribution in [-0.4, -0.2) is 23.9 Å². The summed E-state index contributed by atoms with van der Waals surface area (Å²) in [7, 11) is 0. The van der Waals surface area contributed by atoms with Crippen molar-refractivity contribution in [3.63, 3.8) is 0 Å². The highest BCUT2D eigenvalue weighted by molar-refractivity contribution is 5.98. The highest BCUT2D eigenvalue weighted by Gasteiger charge is 2.20. The molecule has 0 unspecified atom stereocenters. The van der Waals surface area contributed by atoms with E-state index in [0.717, 1.165) is 17.7 Å². The number of hydrogen-bond donors (Lipinski definition) is 2. The fraction of sp³-hybridized carbons (Fsp3) is 0.318. The number of carbonyl (C=O) groups is 3. The standard InChI is InChI=1S/C22H26N2O4/c1-5-14(2)19-8-6-7-9-20(19)24-21(26)15(3)28-22(27)17-10-12-18(13-11-17)23-16(4)25/h6-15H,5H2,1-4H3,(H,23,25)(H,24,26)/t14-,15+/m0/s1. The number of rotatable bonds is 7. The Balaban J connectivity index is 2.00. The second-order valence-electron chi connectivity index (χ2n) is 6.69. The Morgan fingerprint density at radius 2 is 1.61 bits per heavy atom. The van der Waals surface area contributed by atoms with Crippen molar-refractivity contribution < 1.29 is 19.1 Å². The lowest BCUT2D eigenvalue weighted by molar-refractivity contribution is -0.123. The van der Waals surface area contributed by atoms with E-state index in [-0.39, 0.29) is 11.8 Å². The van der Waals surface area contributed by atoms with Crippen molar-refractivity contribution >= 4 is 29.2 Å². The van der Waals surface area contributed by atoms with Crippen molar-refractivity contribution in [2.45, 2.75) is 46.1 Å². The van der Waals surface area contributed by atoms with Gasteiger partial charge in [-0.15, -0.1) is 0 Å². The Hall–Kier alpha value is -3.15. The van der Waals surface area contributed by atoms with Crippen LogP contribution in [0.2, 0.25) is 0 Å². The first-order valence-electron chi connectivity index (χ1n) is 9.30. The van der Waals surface area contributed by atoms with E-state index in [4.69, 9.17) is 4.74 Å². The molecule has 0 saturated heterocycles. The largest absolute Gasteiger partial charge is 0.449 e. The molecule has 0 spiro atoms. The number of hydrogen-bond acceptors (Lipinski definition) is 4. The molecule has 0 aromatic heterocycles. The van der Waals surface area contributed by atoms with E-state index in [9.17, 15) is 14.4 Å². The Labute approximate surface area is 165 Å². The van der Waals surface area contributed by atoms with Gasteiger partial charge in [0.05, 0.1) is 5.56 Å². The van der Waals surface area contributed by atoms with Gasteiger partial charge in [-0.25, -0.2) is 4.79 Å². The Kier molecular flexibility index (Phi) is 7.32. The van der Waals surface area contributed by atoms with Crippen LogP contribution in [0.3, 0.4) is 0 Å². The number of para-hydroxylation sites is 1. The van der Waals surface area contributed by atoms with E-state index in [1.807, 2.05) is 24.3 Å². The number of anilines is 2. The predicted octanol–water partition coefficient (Wildman–Crippen LogP) is 4.34. The zero-order valence-electron chi connectivity index (χ0n) is 16.6. The molecule has 6 heteroatoms. The minimum atomic E-state index is -0.951. The Morgan fingerprint density at radius 1 is 0.964 bits per heavy atom. The average molecular weight is 382 g/mol. The predicted molar refractivity (Wildman–Crippen MR) is 109 cm³/mol. The molecular formula is C22H26N2O4. The highest BCUT2D eigenvalue weighted by Crippen LogP contribution is 2.26. The summed E-state index contributed by atoms with van der Waals surface area (Å²) in [6, 6.07) is 13.9. The third-order valence-corrected chi connectivity index (χ3v) is 4.46. The van der Waals surface area contributed by atoms with Crippen LogP contribution in [-0.2, 0) is 14.3 Å². The van der Waals surface area contributed by atoms with Crippen molar-refractivity contribution in [3.8, 4) is 0 Å². The molecule has 2 aromatic carbocycles. The van der Waals surface area contributed by atoms with Crippen molar-refractivity contribution in [1.82, 2.24) is 0 Å². The van der Waals surface area contributed by atoms with Crippen LogP contribution >= 0.6 is 0 Å². The molecule has 0 aliphatic rings. The Morgan fingerprint density at radius 3 is 2.21 bits per heavy atom. The van der Waals surface area contributed by atoms with Gasteiger partial charge in [-0.05, 0) is 55.2 Å². The van der Waals surface area contributed by atoms with E-state index in [0.29, 0.717) is 17.2 Å². The summed E-state index contributed by atoms with van der Waals surface area (Å²) in [6.07, 6.45) is -0.00108. The van der Waals surface area contributed by atoms with Gasteiger partial charge in [0.15, 0.2) is 6.10 Å². The number of amides is 2. The maximum atomic E-state index is 12.5. The molecule has 148 valence electrons. The molecular weight excluding hydrogens is 356 g/mol. The van der Waals surface area contributed by atoms with Gasteiger partial charge in [0.1, 0.15) is 0 Å². The minimum absolute atomic E-state index is 0.196. The third-order valence-electron chi connectivity index (χ3n) is 4.46. The minimum Gasteiger partial charge on any atom is -0.449 e. The fourth-order valence-corrected chi connectivity index (χ4v) is 2.67. The number of nitrogens with one attached hydrogen (secondary N) is 2.